The van der Waals surface area contributed by atoms with Crippen LogP contribution < -0.4 is 49.4 Å². The molecule has 0 radical (unpaired) electrons. The molecule has 8 aromatic rings. The lowest BCUT2D eigenvalue weighted by molar-refractivity contribution is -0.185. The molecule has 12 aliphatic rings. The smallest absolute Gasteiger partial charge is 0.248 e. The average Bonchev–Trinajstić information content (AvgIpc) is 1.44. The van der Waals surface area contributed by atoms with E-state index in [-0.39, 0.29) is 23.3 Å². The molecule has 692 valence electrons. The molecule has 0 bridgehead atoms. The van der Waals surface area contributed by atoms with Crippen LogP contribution in [-0.4, -0.2) is 284 Å². The molecule has 3 N–H and O–H groups in total. The normalized spacial score (nSPS) is 20.5. The molecule has 3 spiro atoms. The molecule has 128 heavy (non-hydrogen) atoms. The Kier molecular flexibility index (Phi) is 31.4. The quantitative estimate of drug-likeness (QED) is 0.0644. The van der Waals surface area contributed by atoms with E-state index in [4.69, 9.17) is 57.8 Å². The van der Waals surface area contributed by atoms with Crippen molar-refractivity contribution in [2.75, 3.05) is 241 Å². The summed E-state index contributed by atoms with van der Waals surface area (Å²) in [6.45, 7) is 24.4. The number of ketones is 1. The Morgan fingerprint density at radius 1 is 0.422 bits per heavy atom. The van der Waals surface area contributed by atoms with Crippen molar-refractivity contribution in [1.29, 1.82) is 0 Å². The van der Waals surface area contributed by atoms with Crippen LogP contribution in [0.5, 0.6) is 28.7 Å². The number of nitrogens with one attached hydrogen (secondary N) is 1. The Labute approximate surface area is 759 Å². The van der Waals surface area contributed by atoms with Gasteiger partial charge in [0.05, 0.1) is 80.7 Å². The van der Waals surface area contributed by atoms with Gasteiger partial charge in [0.2, 0.25) is 5.91 Å². The van der Waals surface area contributed by atoms with Crippen molar-refractivity contribution in [2.45, 2.75) is 171 Å². The van der Waals surface area contributed by atoms with Crippen molar-refractivity contribution in [2.24, 2.45) is 5.73 Å². The minimum absolute atomic E-state index is 0.274. The highest BCUT2D eigenvalue weighted by atomic mass is 16.7. The van der Waals surface area contributed by atoms with Gasteiger partial charge in [-0.3, -0.25) is 14.6 Å². The van der Waals surface area contributed by atoms with Gasteiger partial charge in [-0.05, 0) is 237 Å². The molecule has 20 rings (SSSR count). The zero-order chi connectivity index (χ0) is 88.6. The number of carbonyl (C=O) groups excluding carboxylic acids is 2. The summed E-state index contributed by atoms with van der Waals surface area (Å²) in [4.78, 5) is 47.0. The molecule has 8 saturated heterocycles. The third-order valence-electron chi connectivity index (χ3n) is 29.1. The molecular weight excluding hydrogens is 1610 g/mol. The summed E-state index contributed by atoms with van der Waals surface area (Å²) in [6, 6.07) is 34.8. The van der Waals surface area contributed by atoms with Gasteiger partial charge in [-0.15, -0.1) is 0 Å². The van der Waals surface area contributed by atoms with Crippen molar-refractivity contribution in [3.63, 3.8) is 0 Å². The number of hydrogen-bond donors (Lipinski definition) is 2. The van der Waals surface area contributed by atoms with Gasteiger partial charge in [0.15, 0.2) is 17.4 Å². The lowest BCUT2D eigenvalue weighted by Crippen LogP contribution is -2.45. The summed E-state index contributed by atoms with van der Waals surface area (Å²) in [5, 5.41) is 5.80. The second-order valence-electron chi connectivity index (χ2n) is 37.1. The second-order valence-corrected chi connectivity index (χ2v) is 37.1. The molecule has 0 saturated carbocycles. The number of primary amides is 1. The highest BCUT2D eigenvalue weighted by Gasteiger charge is 2.43. The first-order valence-electron chi connectivity index (χ1n) is 47.9. The van der Waals surface area contributed by atoms with E-state index < -0.39 is 0 Å². The highest BCUT2D eigenvalue weighted by Crippen LogP contribution is 2.41. The number of hydrogen-bond acceptors (Lipinski definition) is 23. The minimum Gasteiger partial charge on any atom is -0.496 e. The zero-order valence-corrected chi connectivity index (χ0v) is 77.8. The van der Waals surface area contributed by atoms with Crippen LogP contribution in [-0.2, 0) is 91.0 Å². The zero-order valence-electron chi connectivity index (χ0n) is 77.8. The van der Waals surface area contributed by atoms with E-state index in [2.05, 4.69) is 154 Å². The van der Waals surface area contributed by atoms with E-state index in [0.29, 0.717) is 30.2 Å². The number of anilines is 4. The van der Waals surface area contributed by atoms with Crippen molar-refractivity contribution in [1.82, 2.24) is 34.1 Å². The number of aromatic nitrogens is 2. The van der Waals surface area contributed by atoms with Crippen molar-refractivity contribution in [3.05, 3.63) is 165 Å². The van der Waals surface area contributed by atoms with Crippen LogP contribution in [0, 0.1) is 0 Å². The maximum atomic E-state index is 11.6. The number of fused-ring (bicyclic) bond motifs is 6. The monoisotopic (exact) mass is 1760 g/mol. The Morgan fingerprint density at radius 2 is 0.805 bits per heavy atom. The predicted octanol–water partition coefficient (Wildman–Crippen LogP) is 13.8. The van der Waals surface area contributed by atoms with E-state index in [1.165, 1.54) is 98.5 Å². The summed E-state index contributed by atoms with van der Waals surface area (Å²) in [6.07, 6.45) is 27.9. The van der Waals surface area contributed by atoms with Crippen molar-refractivity contribution < 1.29 is 61.7 Å². The molecule has 0 aliphatic carbocycles. The highest BCUT2D eigenvalue weighted by molar-refractivity contribution is 5.97. The molecule has 14 heterocycles. The first-order chi connectivity index (χ1) is 62.4. The summed E-state index contributed by atoms with van der Waals surface area (Å²) in [5.74, 6) is 4.27. The van der Waals surface area contributed by atoms with Crippen LogP contribution in [0.1, 0.15) is 156 Å². The Balaban J connectivity index is 0.000000118. The first-order valence-corrected chi connectivity index (χ1v) is 47.9. The van der Waals surface area contributed by atoms with Gasteiger partial charge < -0.3 is 107 Å². The summed E-state index contributed by atoms with van der Waals surface area (Å²) < 4.78 is 65.5. The van der Waals surface area contributed by atoms with E-state index in [0.717, 1.165) is 324 Å². The van der Waals surface area contributed by atoms with Crippen LogP contribution in [0.2, 0.25) is 0 Å². The van der Waals surface area contributed by atoms with Gasteiger partial charge in [-0.1, -0.05) is 12.1 Å². The van der Waals surface area contributed by atoms with Crippen LogP contribution in [0.4, 0.5) is 22.7 Å². The number of amides is 1. The van der Waals surface area contributed by atoms with Gasteiger partial charge in [0, 0.05) is 255 Å². The number of methoxy groups -OCH3 is 5. The fourth-order valence-electron chi connectivity index (χ4n) is 21.3. The topological polar surface area (TPSA) is 217 Å². The second kappa shape index (κ2) is 43.5. The lowest BCUT2D eigenvalue weighted by Gasteiger charge is -2.37. The molecule has 0 unspecified atom stereocenters. The molecule has 25 heteroatoms. The van der Waals surface area contributed by atoms with E-state index in [1.54, 1.807) is 35.5 Å². The Morgan fingerprint density at radius 3 is 1.23 bits per heavy atom. The summed E-state index contributed by atoms with van der Waals surface area (Å²) in [7, 11) is 15.4. The average molecular weight is 1760 g/mol. The number of nitrogens with zero attached hydrogens (tertiary/aromatic N) is 10. The van der Waals surface area contributed by atoms with Gasteiger partial charge in [0.1, 0.15) is 34.5 Å². The van der Waals surface area contributed by atoms with Gasteiger partial charge in [-0.2, -0.15) is 0 Å². The number of piperidine rings is 5. The Bertz CT molecular complexity index is 5000. The van der Waals surface area contributed by atoms with E-state index in [9.17, 15) is 9.59 Å². The summed E-state index contributed by atoms with van der Waals surface area (Å²) >= 11 is 0. The molecule has 1 amide bonds. The number of nitrogens with two attached hydrogens (primary N) is 1. The molecule has 8 fully saturated rings. The van der Waals surface area contributed by atoms with Crippen LogP contribution in [0.25, 0.3) is 21.8 Å². The number of benzene rings is 6. The van der Waals surface area contributed by atoms with E-state index >= 15 is 0 Å². The third-order valence-corrected chi connectivity index (χ3v) is 29.1. The maximum Gasteiger partial charge on any atom is 0.248 e. The molecule has 0 atom stereocenters. The molecule has 2 aromatic heterocycles. The molecule has 6 aromatic carbocycles. The minimum atomic E-state index is -0.372. The maximum absolute atomic E-state index is 11.6. The largest absolute Gasteiger partial charge is 0.496 e. The van der Waals surface area contributed by atoms with Crippen molar-refractivity contribution in [3.8, 4) is 28.7 Å². The SMILES string of the molecule is COc1cc2c(cc1CCN1CCC(=O)CC1)N(C)CCC2.COc1cc2c(cc1CCN1CCC(n3ccc4ccc(C(N)=O)cc43)CC1)N(C)CCC2.COc1cc2c(cc1CCN1CCC3(CC1)OCCO3)N(C)CCC2.COc1cc2c(cc1CCN1CCC3(CC1)OCCO3)NCCC2.COc1cc2cccnc2cc1CCN1CCC2(CC1)OCCO2. The van der Waals surface area contributed by atoms with Crippen molar-refractivity contribution >= 4 is 56.2 Å². The van der Waals surface area contributed by atoms with E-state index in [1.807, 2.05) is 30.5 Å². The Hall–Kier alpha value is -8.83. The fraction of sp³-hybridized carbons (Fsp3) is 0.583. The number of aryl methyl sites for hydroxylation is 4. The number of pyridine rings is 1. The number of likely N-dealkylation sites (tertiary alicyclic amines) is 5. The standard InChI is InChI=1S/C27H34N4O2.C20H30N2O3.C19H28N2O3.C19H24N2O3.C18H26N2O2/c1-29-11-3-4-20-18-26(33-2)21(16-24(20)29)7-12-30-13-9-23(10-14-30)31-15-8-19-5-6-22(27(28)32)17-25(19)31;1-21-8-3-4-16-15-19(23-2)17(14-18(16)21)5-9-22-10-6-20(7-11-22)24-12-13-25-20;2*1-22-18-14-15-3-2-7-20-17(15)13-16(18)4-8-21-9-5-19(6-10-21)23-11-12-24-19;1-19-8-3-4-14-13-18(22-2)15(12-17(14)19)5-9-20-10-6-16(21)7-11-20/h5-6,8,15-18,23H,3-4,7,9-14H2,1-2H3,(H2,28,32);14-15H,3-13H2,1-2H3;13-14,20H,2-12H2,1H3;2-3,7,13-14H,4-6,8-12H2,1H3;12-13H,3-11H2,1-2H3. The third kappa shape index (κ3) is 22.8. The predicted molar refractivity (Wildman–Crippen MR) is 507 cm³/mol. The fourth-order valence-corrected chi connectivity index (χ4v) is 21.3. The van der Waals surface area contributed by atoms with Gasteiger partial charge >= 0.3 is 0 Å². The number of ether oxygens (including phenoxy) is 11. The van der Waals surface area contributed by atoms with Crippen LogP contribution in [0.3, 0.4) is 0 Å². The molecule has 12 aliphatic heterocycles. The first kappa shape index (κ1) is 92.4. The number of rotatable bonds is 22. The molecular formula is C103H142N12O13. The lowest BCUT2D eigenvalue weighted by atomic mass is 9.97. The number of Topliss-reactive ketones (excluding diaryl/α,β-unsaturated/α-hetero) is 1. The van der Waals surface area contributed by atoms with Crippen LogP contribution in [0.15, 0.2) is 109 Å². The summed E-state index contributed by atoms with van der Waals surface area (Å²) in [5.41, 5.74) is 25.7. The van der Waals surface area contributed by atoms with Crippen LogP contribution >= 0.6 is 0 Å². The number of carbonyl (C=O) groups is 2. The molecule has 25 nitrogen and oxygen atoms in total. The van der Waals surface area contributed by atoms with Gasteiger partial charge in [0.25, 0.3) is 0 Å². The van der Waals surface area contributed by atoms with Gasteiger partial charge in [-0.25, -0.2) is 0 Å².